The first kappa shape index (κ1) is 17.7. The van der Waals surface area contributed by atoms with E-state index >= 15 is 0 Å². The van der Waals surface area contributed by atoms with Crippen molar-refractivity contribution in [2.75, 3.05) is 6.54 Å². The summed E-state index contributed by atoms with van der Waals surface area (Å²) >= 11 is 0. The van der Waals surface area contributed by atoms with Gasteiger partial charge in [0.15, 0.2) is 0 Å². The Labute approximate surface area is 149 Å². The van der Waals surface area contributed by atoms with Crippen molar-refractivity contribution in [1.82, 2.24) is 4.90 Å². The van der Waals surface area contributed by atoms with E-state index in [4.69, 9.17) is 0 Å². The molecule has 1 aromatic carbocycles. The van der Waals surface area contributed by atoms with Crippen LogP contribution in [-0.4, -0.2) is 17.5 Å². The smallest absolute Gasteiger partial charge is 0.0359 e. The van der Waals surface area contributed by atoms with Gasteiger partial charge in [-0.2, -0.15) is 0 Å². The third-order valence-corrected chi connectivity index (χ3v) is 6.38. The third-order valence-electron chi connectivity index (χ3n) is 6.38. The molecule has 2 heterocycles. The number of piperidine rings is 1. The summed E-state index contributed by atoms with van der Waals surface area (Å²) < 4.78 is 0. The van der Waals surface area contributed by atoms with Crippen molar-refractivity contribution >= 4 is 0 Å². The SMILES string of the molecule is C=C(C)CC1C2c3c(C)cccc3C(CC2(C)C)N1CCCCC. The summed E-state index contributed by atoms with van der Waals surface area (Å²) in [4.78, 5) is 2.85. The van der Waals surface area contributed by atoms with Crippen LogP contribution in [0.5, 0.6) is 0 Å². The van der Waals surface area contributed by atoms with Crippen LogP contribution in [0.4, 0.5) is 0 Å². The number of fused-ring (bicyclic) bond motifs is 2. The molecule has 0 spiro atoms. The number of unbranched alkanes of at least 4 members (excludes halogenated alkanes) is 2. The van der Waals surface area contributed by atoms with Gasteiger partial charge in [0.2, 0.25) is 0 Å². The lowest BCUT2D eigenvalue weighted by atomic mass is 9.56. The van der Waals surface area contributed by atoms with E-state index in [9.17, 15) is 0 Å². The molecule has 1 heteroatoms. The van der Waals surface area contributed by atoms with Gasteiger partial charge >= 0.3 is 0 Å². The monoisotopic (exact) mass is 325 g/mol. The van der Waals surface area contributed by atoms with Crippen LogP contribution in [0.25, 0.3) is 0 Å². The number of benzene rings is 1. The molecule has 0 N–H and O–H groups in total. The second-order valence-corrected chi connectivity index (χ2v) is 8.94. The predicted octanol–water partition coefficient (Wildman–Crippen LogP) is 6.39. The minimum Gasteiger partial charge on any atom is -0.292 e. The second-order valence-electron chi connectivity index (χ2n) is 8.94. The van der Waals surface area contributed by atoms with E-state index in [0.29, 0.717) is 23.4 Å². The van der Waals surface area contributed by atoms with Gasteiger partial charge in [-0.1, -0.05) is 57.4 Å². The standard InChI is InChI=1S/C23H35N/c1-7-8-9-13-24-19(14-16(2)3)22-21-17(4)11-10-12-18(21)20(24)15-23(22,5)6/h10-12,19-20,22H,2,7-9,13-15H2,1,3-6H3. The Morgan fingerprint density at radius 3 is 2.71 bits per heavy atom. The highest BCUT2D eigenvalue weighted by Gasteiger charge is 2.53. The van der Waals surface area contributed by atoms with Crippen molar-refractivity contribution in [2.45, 2.75) is 84.7 Å². The maximum atomic E-state index is 4.26. The van der Waals surface area contributed by atoms with Crippen LogP contribution in [0.3, 0.4) is 0 Å². The molecule has 1 saturated heterocycles. The van der Waals surface area contributed by atoms with Crippen LogP contribution in [0, 0.1) is 12.3 Å². The molecule has 1 aromatic rings. The molecule has 2 bridgehead atoms. The fourth-order valence-corrected chi connectivity index (χ4v) is 5.43. The molecule has 2 aliphatic heterocycles. The Bertz CT molecular complexity index is 612. The van der Waals surface area contributed by atoms with Gasteiger partial charge in [-0.05, 0) is 61.8 Å². The Hall–Kier alpha value is -1.08. The van der Waals surface area contributed by atoms with E-state index in [-0.39, 0.29) is 0 Å². The zero-order chi connectivity index (χ0) is 17.5. The van der Waals surface area contributed by atoms with Gasteiger partial charge in [0.25, 0.3) is 0 Å². The van der Waals surface area contributed by atoms with Gasteiger partial charge in [0, 0.05) is 18.0 Å². The van der Waals surface area contributed by atoms with Crippen molar-refractivity contribution in [2.24, 2.45) is 5.41 Å². The van der Waals surface area contributed by atoms with E-state index in [1.807, 2.05) is 0 Å². The fraction of sp³-hybridized carbons (Fsp3) is 0.652. The molecule has 0 saturated carbocycles. The van der Waals surface area contributed by atoms with Gasteiger partial charge in [-0.25, -0.2) is 0 Å². The zero-order valence-corrected chi connectivity index (χ0v) is 16.4. The molecule has 4 rings (SSSR count). The van der Waals surface area contributed by atoms with Gasteiger partial charge in [0.05, 0.1) is 0 Å². The number of nitrogens with zero attached hydrogens (tertiary/aromatic N) is 1. The van der Waals surface area contributed by atoms with Crippen molar-refractivity contribution in [3.8, 4) is 0 Å². The molecule has 1 nitrogen and oxygen atoms in total. The lowest BCUT2D eigenvalue weighted by Gasteiger charge is -2.60. The topological polar surface area (TPSA) is 3.24 Å². The molecule has 3 atom stereocenters. The molecule has 3 unspecified atom stereocenters. The van der Waals surface area contributed by atoms with Crippen molar-refractivity contribution in [3.05, 3.63) is 47.0 Å². The maximum Gasteiger partial charge on any atom is 0.0359 e. The molecule has 1 fully saturated rings. The van der Waals surface area contributed by atoms with Crippen LogP contribution in [0.1, 0.15) is 88.4 Å². The number of hydrogen-bond acceptors (Lipinski definition) is 1. The van der Waals surface area contributed by atoms with Crippen molar-refractivity contribution in [3.63, 3.8) is 0 Å². The largest absolute Gasteiger partial charge is 0.292 e. The summed E-state index contributed by atoms with van der Waals surface area (Å²) in [5.41, 5.74) is 6.49. The second kappa shape index (κ2) is 6.67. The molecule has 3 aliphatic rings. The van der Waals surface area contributed by atoms with E-state index in [0.717, 1.165) is 6.42 Å². The first-order valence-electron chi connectivity index (χ1n) is 9.86. The summed E-state index contributed by atoms with van der Waals surface area (Å²) in [6.07, 6.45) is 6.41. The predicted molar refractivity (Wildman–Crippen MR) is 105 cm³/mol. The van der Waals surface area contributed by atoms with E-state index in [2.05, 4.69) is 64.3 Å². The highest BCUT2D eigenvalue weighted by molar-refractivity contribution is 5.46. The Morgan fingerprint density at radius 2 is 2.04 bits per heavy atom. The number of rotatable bonds is 6. The molecule has 24 heavy (non-hydrogen) atoms. The van der Waals surface area contributed by atoms with Crippen LogP contribution >= 0.6 is 0 Å². The van der Waals surface area contributed by atoms with E-state index in [1.54, 1.807) is 11.1 Å². The summed E-state index contributed by atoms with van der Waals surface area (Å²) in [6, 6.07) is 8.20. The Kier molecular flexibility index (Phi) is 4.93. The lowest BCUT2D eigenvalue weighted by molar-refractivity contribution is -0.0267. The summed E-state index contributed by atoms with van der Waals surface area (Å²) in [5.74, 6) is 0.636. The first-order valence-corrected chi connectivity index (χ1v) is 9.86. The molecule has 0 radical (unpaired) electrons. The summed E-state index contributed by atoms with van der Waals surface area (Å²) in [7, 11) is 0. The highest BCUT2D eigenvalue weighted by atomic mass is 15.2. The molecule has 0 aromatic heterocycles. The minimum absolute atomic E-state index is 0.380. The van der Waals surface area contributed by atoms with Gasteiger partial charge in [-0.15, -0.1) is 6.58 Å². The van der Waals surface area contributed by atoms with E-state index < -0.39 is 0 Å². The quantitative estimate of drug-likeness (QED) is 0.432. The highest BCUT2D eigenvalue weighted by Crippen LogP contribution is 2.60. The average Bonchev–Trinajstić information content (AvgIpc) is 2.49. The molecule has 0 amide bonds. The van der Waals surface area contributed by atoms with Crippen LogP contribution in [-0.2, 0) is 0 Å². The molecular formula is C23H35N. The van der Waals surface area contributed by atoms with Crippen LogP contribution in [0.2, 0.25) is 0 Å². The molecule has 1 aliphatic carbocycles. The lowest BCUT2D eigenvalue weighted by Crippen LogP contribution is -2.56. The van der Waals surface area contributed by atoms with Crippen molar-refractivity contribution < 1.29 is 0 Å². The van der Waals surface area contributed by atoms with Gasteiger partial charge in [0.1, 0.15) is 0 Å². The zero-order valence-electron chi connectivity index (χ0n) is 16.4. The average molecular weight is 326 g/mol. The first-order chi connectivity index (χ1) is 11.4. The molecular weight excluding hydrogens is 290 g/mol. The minimum atomic E-state index is 0.380. The van der Waals surface area contributed by atoms with Crippen LogP contribution < -0.4 is 0 Å². The Balaban J connectivity index is 2.04. The normalized spacial score (nSPS) is 28.0. The van der Waals surface area contributed by atoms with Gasteiger partial charge < -0.3 is 0 Å². The van der Waals surface area contributed by atoms with Crippen molar-refractivity contribution in [1.29, 1.82) is 0 Å². The number of aryl methyl sites for hydroxylation is 1. The molecule has 132 valence electrons. The summed E-state index contributed by atoms with van der Waals surface area (Å²) in [6.45, 7) is 17.3. The van der Waals surface area contributed by atoms with Crippen LogP contribution in [0.15, 0.2) is 30.4 Å². The summed E-state index contributed by atoms with van der Waals surface area (Å²) in [5, 5.41) is 0. The Morgan fingerprint density at radius 1 is 1.29 bits per heavy atom. The maximum absolute atomic E-state index is 4.26. The fourth-order valence-electron chi connectivity index (χ4n) is 5.43. The van der Waals surface area contributed by atoms with Gasteiger partial charge in [-0.3, -0.25) is 4.90 Å². The number of hydrogen-bond donors (Lipinski definition) is 0. The van der Waals surface area contributed by atoms with E-state index in [1.165, 1.54) is 43.4 Å². The third kappa shape index (κ3) is 2.96.